The summed E-state index contributed by atoms with van der Waals surface area (Å²) in [6.45, 7) is 3.71. The van der Waals surface area contributed by atoms with Crippen LogP contribution in [0, 0.1) is 0 Å². The van der Waals surface area contributed by atoms with Crippen molar-refractivity contribution >= 4 is 17.3 Å². The van der Waals surface area contributed by atoms with E-state index in [1.807, 2.05) is 29.2 Å². The molecule has 3 heterocycles. The molecule has 0 saturated heterocycles. The number of hydrogen-bond acceptors (Lipinski definition) is 4. The van der Waals surface area contributed by atoms with Crippen molar-refractivity contribution in [3.63, 3.8) is 0 Å². The molecule has 2 aliphatic rings. The monoisotopic (exact) mass is 466 g/mol. The van der Waals surface area contributed by atoms with Crippen LogP contribution >= 0.6 is 0 Å². The lowest BCUT2D eigenvalue weighted by atomic mass is 9.91. The molecule has 1 aromatic heterocycles. The van der Waals surface area contributed by atoms with Gasteiger partial charge in [-0.2, -0.15) is 5.10 Å². The summed E-state index contributed by atoms with van der Waals surface area (Å²) in [6, 6.07) is 9.62. The van der Waals surface area contributed by atoms with Gasteiger partial charge in [0.2, 0.25) is 5.91 Å². The third-order valence-electron chi connectivity index (χ3n) is 6.78. The van der Waals surface area contributed by atoms with Gasteiger partial charge in [-0.3, -0.25) is 9.48 Å². The summed E-state index contributed by atoms with van der Waals surface area (Å²) in [4.78, 5) is 15.9. The highest BCUT2D eigenvalue weighted by atomic mass is 19.3. The number of anilines is 2. The highest BCUT2D eigenvalue weighted by Crippen LogP contribution is 2.44. The molecular weight excluding hydrogens is 438 g/mol. The van der Waals surface area contributed by atoms with E-state index in [-0.39, 0.29) is 18.1 Å². The number of halogens is 2. The van der Waals surface area contributed by atoms with Crippen molar-refractivity contribution in [3.8, 4) is 11.1 Å². The van der Waals surface area contributed by atoms with Gasteiger partial charge in [0.25, 0.3) is 6.43 Å². The first kappa shape index (κ1) is 22.5. The Hall–Kier alpha value is -3.26. The molecule has 8 heteroatoms. The highest BCUT2D eigenvalue weighted by Gasteiger charge is 2.30. The normalized spacial score (nSPS) is 15.1. The van der Waals surface area contributed by atoms with Gasteiger partial charge in [-0.25, -0.2) is 8.78 Å². The van der Waals surface area contributed by atoms with Crippen LogP contribution in [-0.2, 0) is 42.7 Å². The van der Waals surface area contributed by atoms with Gasteiger partial charge in [-0.1, -0.05) is 12.1 Å². The van der Waals surface area contributed by atoms with E-state index in [1.165, 1.54) is 0 Å². The first-order chi connectivity index (χ1) is 16.4. The Morgan fingerprint density at radius 2 is 1.97 bits per heavy atom. The van der Waals surface area contributed by atoms with Crippen molar-refractivity contribution in [2.24, 2.45) is 7.05 Å². The van der Waals surface area contributed by atoms with Gasteiger partial charge >= 0.3 is 0 Å². The molecule has 0 unspecified atom stereocenters. The quantitative estimate of drug-likeness (QED) is 0.524. The fourth-order valence-electron chi connectivity index (χ4n) is 5.20. The minimum absolute atomic E-state index is 0.00561. The van der Waals surface area contributed by atoms with Gasteiger partial charge < -0.3 is 14.5 Å². The summed E-state index contributed by atoms with van der Waals surface area (Å²) in [5, 5.41) is 4.42. The van der Waals surface area contributed by atoms with Gasteiger partial charge in [0.05, 0.1) is 12.3 Å². The highest BCUT2D eigenvalue weighted by molar-refractivity contribution is 5.80. The number of rotatable bonds is 5. The molecule has 0 bridgehead atoms. The van der Waals surface area contributed by atoms with Crippen LogP contribution in [0.15, 0.2) is 36.5 Å². The molecule has 0 spiro atoms. The topological polar surface area (TPSA) is 50.6 Å². The summed E-state index contributed by atoms with van der Waals surface area (Å²) >= 11 is 0. The minimum Gasteiger partial charge on any atom is -0.378 e. The summed E-state index contributed by atoms with van der Waals surface area (Å²) in [5.74, 6) is 0.0363. The zero-order chi connectivity index (χ0) is 24.0. The maximum Gasteiger partial charge on any atom is 0.264 e. The lowest BCUT2D eigenvalue weighted by molar-refractivity contribution is -0.129. The molecule has 0 atom stereocenters. The Morgan fingerprint density at radius 1 is 1.15 bits per heavy atom. The maximum atomic E-state index is 14.4. The van der Waals surface area contributed by atoms with E-state index in [0.29, 0.717) is 29.9 Å². The van der Waals surface area contributed by atoms with Gasteiger partial charge in [0.1, 0.15) is 0 Å². The van der Waals surface area contributed by atoms with E-state index < -0.39 is 6.43 Å². The number of fused-ring (bicyclic) bond motifs is 2. The van der Waals surface area contributed by atoms with E-state index in [2.05, 4.69) is 10.00 Å². The van der Waals surface area contributed by atoms with Crippen molar-refractivity contribution in [1.82, 2.24) is 14.7 Å². The third-order valence-corrected chi connectivity index (χ3v) is 6.78. The summed E-state index contributed by atoms with van der Waals surface area (Å²) in [6.07, 6.45) is 0.882. The predicted molar refractivity (Wildman–Crippen MR) is 126 cm³/mol. The van der Waals surface area contributed by atoms with Crippen LogP contribution in [0.2, 0.25) is 0 Å². The van der Waals surface area contributed by atoms with Gasteiger partial charge in [-0.05, 0) is 47.7 Å². The zero-order valence-corrected chi connectivity index (χ0v) is 19.6. The fraction of sp³-hybridized carbons (Fsp3) is 0.385. The van der Waals surface area contributed by atoms with Crippen LogP contribution in [0.25, 0.3) is 11.1 Å². The Morgan fingerprint density at radius 3 is 2.71 bits per heavy atom. The van der Waals surface area contributed by atoms with E-state index in [1.54, 1.807) is 38.0 Å². The van der Waals surface area contributed by atoms with Crippen LogP contribution in [0.3, 0.4) is 0 Å². The molecule has 0 fully saturated rings. The molecule has 0 saturated carbocycles. The number of alkyl halides is 2. The molecule has 1 amide bonds. The molecule has 6 nitrogen and oxygen atoms in total. The molecule has 0 radical (unpaired) electrons. The van der Waals surface area contributed by atoms with Crippen molar-refractivity contribution in [2.75, 3.05) is 18.6 Å². The van der Waals surface area contributed by atoms with Crippen LogP contribution < -0.4 is 4.90 Å². The van der Waals surface area contributed by atoms with Crippen LogP contribution in [0.1, 0.15) is 47.7 Å². The predicted octanol–water partition coefficient (Wildman–Crippen LogP) is 5.12. The lowest BCUT2D eigenvalue weighted by Gasteiger charge is -2.34. The molecule has 3 aromatic rings. The average molecular weight is 467 g/mol. The number of benzene rings is 2. The van der Waals surface area contributed by atoms with E-state index in [0.717, 1.165) is 47.5 Å². The zero-order valence-electron chi connectivity index (χ0n) is 19.6. The summed E-state index contributed by atoms with van der Waals surface area (Å²) in [5.41, 5.74) is 6.89. The number of aromatic nitrogens is 2. The molecule has 34 heavy (non-hydrogen) atoms. The van der Waals surface area contributed by atoms with Gasteiger partial charge in [-0.15, -0.1) is 0 Å². The first-order valence-electron chi connectivity index (χ1n) is 11.5. The second-order valence-corrected chi connectivity index (χ2v) is 9.01. The number of amides is 1. The smallest absolute Gasteiger partial charge is 0.264 e. The average Bonchev–Trinajstić information content (AvgIpc) is 3.41. The Balaban J connectivity index is 1.62. The molecule has 2 aromatic carbocycles. The fourth-order valence-corrected chi connectivity index (χ4v) is 5.20. The Kier molecular flexibility index (Phi) is 5.85. The van der Waals surface area contributed by atoms with Crippen molar-refractivity contribution in [2.45, 2.75) is 45.9 Å². The maximum absolute atomic E-state index is 14.4. The number of aryl methyl sites for hydroxylation is 2. The molecule has 0 N–H and O–H groups in total. The molecule has 178 valence electrons. The van der Waals surface area contributed by atoms with E-state index in [9.17, 15) is 13.6 Å². The number of carbonyl (C=O) groups excluding carboxylic acids is 1. The molecule has 2 aliphatic heterocycles. The molecule has 0 aliphatic carbocycles. The van der Waals surface area contributed by atoms with Crippen molar-refractivity contribution < 1.29 is 18.3 Å². The summed E-state index contributed by atoms with van der Waals surface area (Å²) < 4.78 is 35.6. The van der Waals surface area contributed by atoms with E-state index >= 15 is 0 Å². The number of carbonyl (C=O) groups is 1. The van der Waals surface area contributed by atoms with Crippen LogP contribution in [0.5, 0.6) is 0 Å². The summed E-state index contributed by atoms with van der Waals surface area (Å²) in [7, 11) is 3.36. The second-order valence-electron chi connectivity index (χ2n) is 9.01. The number of ether oxygens (including phenoxy) is 1. The van der Waals surface area contributed by atoms with Crippen molar-refractivity contribution in [3.05, 3.63) is 64.5 Å². The van der Waals surface area contributed by atoms with Gasteiger partial charge in [0, 0.05) is 75.0 Å². The first-order valence-corrected chi connectivity index (χ1v) is 11.5. The SMILES string of the molecule is COCc1nn(C)cc1-c1cc2c(cc1C(F)F)N(c1cccc3c1CN(C(C)=O)C3)CCC2. The number of methoxy groups -OCH3 is 1. The third kappa shape index (κ3) is 3.86. The molecule has 5 rings (SSSR count). The largest absolute Gasteiger partial charge is 0.378 e. The van der Waals surface area contributed by atoms with Crippen LogP contribution in [-0.4, -0.2) is 34.2 Å². The number of hydrogen-bond donors (Lipinski definition) is 0. The van der Waals surface area contributed by atoms with E-state index in [4.69, 9.17) is 4.74 Å². The van der Waals surface area contributed by atoms with Gasteiger partial charge in [0.15, 0.2) is 0 Å². The molecular formula is C26H28F2N4O2. The Labute approximate surface area is 197 Å². The second kappa shape index (κ2) is 8.83. The standard InChI is InChI=1S/C26H28F2N4O2/c1-16(33)31-12-18-6-4-8-24(21(18)14-31)32-9-5-7-17-10-19(20(26(27)28)11-25(17)32)22-13-30(2)29-23(22)15-34-3/h4,6,8,10-11,13,26H,5,7,9,12,14-15H2,1-3H3. The Bertz CT molecular complexity index is 1250. The minimum atomic E-state index is -2.63. The number of nitrogens with zero attached hydrogens (tertiary/aromatic N) is 4. The lowest BCUT2D eigenvalue weighted by Crippen LogP contribution is -2.26. The van der Waals surface area contributed by atoms with Crippen LogP contribution in [0.4, 0.5) is 20.2 Å². The van der Waals surface area contributed by atoms with Crippen molar-refractivity contribution in [1.29, 1.82) is 0 Å².